The molecule has 0 aromatic carbocycles. The van der Waals surface area contributed by atoms with Crippen LogP contribution in [-0.4, -0.2) is 28.7 Å². The standard InChI is InChI=1S/C10H16O3/c1-9(2)6-3-4-10(9,5-11)8(13)7(6)12/h6,8,11,13H,3-5H2,1-2H3. The molecular formula is C10H16O3. The summed E-state index contributed by atoms with van der Waals surface area (Å²) in [5.41, 5.74) is -0.799. The molecule has 13 heavy (non-hydrogen) atoms. The first-order valence-electron chi connectivity index (χ1n) is 4.80. The number of Topliss-reactive ketones (excluding diaryl/α,β-unsaturated/α-hetero) is 1. The van der Waals surface area contributed by atoms with Gasteiger partial charge in [-0.25, -0.2) is 0 Å². The highest BCUT2D eigenvalue weighted by atomic mass is 16.3. The van der Waals surface area contributed by atoms with Crippen molar-refractivity contribution >= 4 is 5.78 Å². The number of aliphatic hydroxyl groups is 2. The van der Waals surface area contributed by atoms with E-state index in [4.69, 9.17) is 0 Å². The second-order valence-corrected chi connectivity index (χ2v) is 4.93. The lowest BCUT2D eigenvalue weighted by Gasteiger charge is -2.37. The fourth-order valence-electron chi connectivity index (χ4n) is 3.25. The summed E-state index contributed by atoms with van der Waals surface area (Å²) >= 11 is 0. The zero-order valence-electron chi connectivity index (χ0n) is 8.08. The predicted molar refractivity (Wildman–Crippen MR) is 47.0 cm³/mol. The molecule has 2 rings (SSSR count). The summed E-state index contributed by atoms with van der Waals surface area (Å²) in [5.74, 6) is -0.111. The number of carbonyl (C=O) groups is 1. The van der Waals surface area contributed by atoms with Gasteiger partial charge in [-0.1, -0.05) is 13.8 Å². The lowest BCUT2D eigenvalue weighted by atomic mass is 9.69. The van der Waals surface area contributed by atoms with E-state index in [-0.39, 0.29) is 23.7 Å². The molecule has 2 saturated carbocycles. The molecule has 2 aliphatic rings. The molecule has 2 bridgehead atoms. The summed E-state index contributed by atoms with van der Waals surface area (Å²) in [6.45, 7) is 3.88. The van der Waals surface area contributed by atoms with Crippen LogP contribution in [0.1, 0.15) is 26.7 Å². The Hall–Kier alpha value is -0.410. The Kier molecular flexibility index (Phi) is 1.65. The van der Waals surface area contributed by atoms with Gasteiger partial charge in [0.15, 0.2) is 5.78 Å². The van der Waals surface area contributed by atoms with Gasteiger partial charge in [-0.05, 0) is 18.3 Å². The van der Waals surface area contributed by atoms with Crippen molar-refractivity contribution in [1.29, 1.82) is 0 Å². The summed E-state index contributed by atoms with van der Waals surface area (Å²) in [7, 11) is 0. The Morgan fingerprint density at radius 1 is 1.54 bits per heavy atom. The number of aliphatic hydroxyl groups excluding tert-OH is 2. The zero-order chi connectivity index (χ0) is 9.85. The highest BCUT2D eigenvalue weighted by Crippen LogP contribution is 2.63. The first kappa shape index (κ1) is 9.16. The largest absolute Gasteiger partial charge is 0.396 e. The summed E-state index contributed by atoms with van der Waals surface area (Å²) in [4.78, 5) is 11.6. The van der Waals surface area contributed by atoms with Crippen molar-refractivity contribution in [2.75, 3.05) is 6.61 Å². The fourth-order valence-corrected chi connectivity index (χ4v) is 3.25. The molecule has 74 valence electrons. The molecule has 0 saturated heterocycles. The van der Waals surface area contributed by atoms with Gasteiger partial charge in [-0.2, -0.15) is 0 Å². The highest BCUT2D eigenvalue weighted by molar-refractivity contribution is 5.91. The monoisotopic (exact) mass is 184 g/mol. The number of hydrogen-bond donors (Lipinski definition) is 2. The molecule has 3 heteroatoms. The Labute approximate surface area is 77.8 Å². The van der Waals surface area contributed by atoms with Crippen LogP contribution >= 0.6 is 0 Å². The van der Waals surface area contributed by atoms with Crippen LogP contribution in [0, 0.1) is 16.7 Å². The van der Waals surface area contributed by atoms with Crippen molar-refractivity contribution in [3.05, 3.63) is 0 Å². The summed E-state index contributed by atoms with van der Waals surface area (Å²) in [5, 5.41) is 19.1. The number of ketones is 1. The van der Waals surface area contributed by atoms with Crippen LogP contribution in [0.15, 0.2) is 0 Å². The maximum atomic E-state index is 11.6. The molecule has 0 aromatic heterocycles. The van der Waals surface area contributed by atoms with Crippen LogP contribution in [0.3, 0.4) is 0 Å². The minimum absolute atomic E-state index is 0.0466. The second kappa shape index (κ2) is 2.34. The molecule has 2 fully saturated rings. The van der Waals surface area contributed by atoms with Gasteiger partial charge >= 0.3 is 0 Å². The SMILES string of the molecule is CC1(C)C2CCC1(CO)C(O)C2=O. The van der Waals surface area contributed by atoms with E-state index in [0.717, 1.165) is 12.8 Å². The Bertz CT molecular complexity index is 259. The first-order valence-corrected chi connectivity index (χ1v) is 4.80. The Morgan fingerprint density at radius 2 is 2.15 bits per heavy atom. The van der Waals surface area contributed by atoms with E-state index in [0.29, 0.717) is 0 Å². The molecule has 3 unspecified atom stereocenters. The first-order chi connectivity index (χ1) is 5.97. The lowest BCUT2D eigenvalue weighted by Crippen LogP contribution is -2.43. The maximum absolute atomic E-state index is 11.6. The molecule has 2 aliphatic carbocycles. The minimum Gasteiger partial charge on any atom is -0.396 e. The number of fused-ring (bicyclic) bond motifs is 2. The van der Waals surface area contributed by atoms with Gasteiger partial charge in [0, 0.05) is 11.3 Å². The third kappa shape index (κ3) is 0.754. The maximum Gasteiger partial charge on any atom is 0.165 e. The van der Waals surface area contributed by atoms with Gasteiger partial charge in [0.1, 0.15) is 6.10 Å². The summed E-state index contributed by atoms with van der Waals surface area (Å²) in [6.07, 6.45) is 0.656. The average Bonchev–Trinajstić information content (AvgIpc) is 2.41. The number of hydrogen-bond acceptors (Lipinski definition) is 3. The highest BCUT2D eigenvalue weighted by Gasteiger charge is 2.68. The molecule has 0 amide bonds. The molecule has 0 radical (unpaired) electrons. The van der Waals surface area contributed by atoms with Crippen LogP contribution in [0.2, 0.25) is 0 Å². The van der Waals surface area contributed by atoms with E-state index in [9.17, 15) is 15.0 Å². The van der Waals surface area contributed by atoms with Gasteiger partial charge in [0.05, 0.1) is 6.61 Å². The van der Waals surface area contributed by atoms with E-state index < -0.39 is 11.5 Å². The minimum atomic E-state index is -0.939. The topological polar surface area (TPSA) is 57.5 Å². The predicted octanol–water partition coefficient (Wildman–Crippen LogP) is 0.345. The van der Waals surface area contributed by atoms with Crippen molar-refractivity contribution < 1.29 is 15.0 Å². The van der Waals surface area contributed by atoms with Gasteiger partial charge in [0.25, 0.3) is 0 Å². The molecule has 0 spiro atoms. The van der Waals surface area contributed by atoms with Gasteiger partial charge in [0.2, 0.25) is 0 Å². The number of rotatable bonds is 1. The van der Waals surface area contributed by atoms with Crippen LogP contribution in [0.5, 0.6) is 0 Å². The summed E-state index contributed by atoms with van der Waals surface area (Å²) < 4.78 is 0. The normalized spacial score (nSPS) is 47.2. The van der Waals surface area contributed by atoms with Crippen molar-refractivity contribution in [2.24, 2.45) is 16.7 Å². The van der Waals surface area contributed by atoms with Gasteiger partial charge < -0.3 is 10.2 Å². The quantitative estimate of drug-likeness (QED) is 0.618. The van der Waals surface area contributed by atoms with Crippen molar-refractivity contribution in [3.63, 3.8) is 0 Å². The van der Waals surface area contributed by atoms with E-state index in [2.05, 4.69) is 0 Å². The summed E-state index contributed by atoms with van der Waals surface area (Å²) in [6, 6.07) is 0. The van der Waals surface area contributed by atoms with E-state index >= 15 is 0 Å². The lowest BCUT2D eigenvalue weighted by molar-refractivity contribution is -0.134. The van der Waals surface area contributed by atoms with E-state index in [1.807, 2.05) is 13.8 Å². The van der Waals surface area contributed by atoms with Crippen molar-refractivity contribution in [2.45, 2.75) is 32.8 Å². The van der Waals surface area contributed by atoms with E-state index in [1.165, 1.54) is 0 Å². The van der Waals surface area contributed by atoms with Crippen LogP contribution in [0.4, 0.5) is 0 Å². The third-order valence-electron chi connectivity index (χ3n) is 4.45. The van der Waals surface area contributed by atoms with Crippen LogP contribution in [-0.2, 0) is 4.79 Å². The van der Waals surface area contributed by atoms with Crippen LogP contribution < -0.4 is 0 Å². The second-order valence-electron chi connectivity index (χ2n) is 4.93. The molecule has 3 atom stereocenters. The van der Waals surface area contributed by atoms with E-state index in [1.54, 1.807) is 0 Å². The molecule has 0 aliphatic heterocycles. The van der Waals surface area contributed by atoms with Gasteiger partial charge in [-0.15, -0.1) is 0 Å². The number of carbonyl (C=O) groups excluding carboxylic acids is 1. The smallest absolute Gasteiger partial charge is 0.165 e. The van der Waals surface area contributed by atoms with Crippen molar-refractivity contribution in [3.8, 4) is 0 Å². The fraction of sp³-hybridized carbons (Fsp3) is 0.900. The molecule has 0 heterocycles. The Morgan fingerprint density at radius 3 is 2.46 bits per heavy atom. The molecule has 3 nitrogen and oxygen atoms in total. The van der Waals surface area contributed by atoms with Crippen molar-refractivity contribution in [1.82, 2.24) is 0 Å². The molecular weight excluding hydrogens is 168 g/mol. The van der Waals surface area contributed by atoms with Gasteiger partial charge in [-0.3, -0.25) is 4.79 Å². The molecule has 0 aromatic rings. The third-order valence-corrected chi connectivity index (χ3v) is 4.45. The molecule has 2 N–H and O–H groups in total. The zero-order valence-corrected chi connectivity index (χ0v) is 8.08. The average molecular weight is 184 g/mol. The van der Waals surface area contributed by atoms with Crippen LogP contribution in [0.25, 0.3) is 0 Å². The Balaban J connectivity index is 2.50.